The Balaban J connectivity index is 2.19. The summed E-state index contributed by atoms with van der Waals surface area (Å²) in [6.07, 6.45) is 5.28. The highest BCUT2D eigenvalue weighted by molar-refractivity contribution is 7.18. The van der Waals surface area contributed by atoms with E-state index in [-0.39, 0.29) is 5.78 Å². The van der Waals surface area contributed by atoms with Gasteiger partial charge >= 0.3 is 0 Å². The molecule has 0 amide bonds. The molecule has 0 spiro atoms. The van der Waals surface area contributed by atoms with E-state index >= 15 is 0 Å². The number of thiophene rings is 1. The highest BCUT2D eigenvalue weighted by Crippen LogP contribution is 2.51. The minimum atomic E-state index is 0.169. The molecule has 0 aliphatic heterocycles. The average Bonchev–Trinajstić information content (AvgIpc) is 3.23. The van der Waals surface area contributed by atoms with Crippen LogP contribution < -0.4 is 11.1 Å². The standard InChI is InChI=1S/C17H28N2OS/c1-5-10(3)9-11(4)19-17-14(12-7-8-12)15(18)16(21-17)13(20)6-2/h10-12,19H,5-9,18H2,1-4H3. The van der Waals surface area contributed by atoms with Crippen molar-refractivity contribution in [2.45, 2.75) is 71.8 Å². The van der Waals surface area contributed by atoms with Crippen LogP contribution >= 0.6 is 11.3 Å². The first-order chi connectivity index (χ1) is 9.97. The van der Waals surface area contributed by atoms with Crippen molar-refractivity contribution in [3.05, 3.63) is 10.4 Å². The maximum Gasteiger partial charge on any atom is 0.174 e. The third-order valence-electron chi connectivity index (χ3n) is 4.37. The van der Waals surface area contributed by atoms with Crippen LogP contribution in [-0.4, -0.2) is 11.8 Å². The quantitative estimate of drug-likeness (QED) is 0.662. The number of carbonyl (C=O) groups is 1. The maximum absolute atomic E-state index is 12.1. The van der Waals surface area contributed by atoms with E-state index in [9.17, 15) is 4.79 Å². The minimum Gasteiger partial charge on any atom is -0.397 e. The van der Waals surface area contributed by atoms with Crippen LogP contribution in [0, 0.1) is 5.92 Å². The molecule has 1 aromatic heterocycles. The van der Waals surface area contributed by atoms with Crippen molar-refractivity contribution in [2.24, 2.45) is 5.92 Å². The number of ketones is 1. The van der Waals surface area contributed by atoms with E-state index in [1.165, 1.54) is 24.8 Å². The molecule has 1 aliphatic carbocycles. The lowest BCUT2D eigenvalue weighted by Crippen LogP contribution is -2.18. The summed E-state index contributed by atoms with van der Waals surface area (Å²) in [5.74, 6) is 1.45. The Labute approximate surface area is 132 Å². The number of hydrogen-bond acceptors (Lipinski definition) is 4. The molecule has 1 saturated carbocycles. The zero-order valence-electron chi connectivity index (χ0n) is 13.7. The number of Topliss-reactive ketones (excluding diaryl/α,β-unsaturated/α-hetero) is 1. The van der Waals surface area contributed by atoms with Gasteiger partial charge in [-0.2, -0.15) is 0 Å². The third kappa shape index (κ3) is 3.79. The number of anilines is 2. The summed E-state index contributed by atoms with van der Waals surface area (Å²) in [7, 11) is 0. The molecule has 3 nitrogen and oxygen atoms in total. The van der Waals surface area contributed by atoms with Gasteiger partial charge in [-0.15, -0.1) is 11.3 Å². The Kier molecular flexibility index (Phi) is 5.31. The molecule has 0 aromatic carbocycles. The second-order valence-electron chi connectivity index (χ2n) is 6.43. The number of nitrogens with one attached hydrogen (secondary N) is 1. The van der Waals surface area contributed by atoms with Gasteiger partial charge in [-0.25, -0.2) is 0 Å². The van der Waals surface area contributed by atoms with Gasteiger partial charge in [0.25, 0.3) is 0 Å². The molecule has 2 unspecified atom stereocenters. The predicted molar refractivity (Wildman–Crippen MR) is 92.5 cm³/mol. The molecular weight excluding hydrogens is 280 g/mol. The largest absolute Gasteiger partial charge is 0.397 e. The number of nitrogens with two attached hydrogens (primary N) is 1. The normalized spacial score (nSPS) is 17.5. The molecule has 118 valence electrons. The monoisotopic (exact) mass is 308 g/mol. The highest BCUT2D eigenvalue weighted by atomic mass is 32.1. The molecule has 0 saturated heterocycles. The summed E-state index contributed by atoms with van der Waals surface area (Å²) < 4.78 is 0. The summed E-state index contributed by atoms with van der Waals surface area (Å²) >= 11 is 1.56. The van der Waals surface area contributed by atoms with Crippen molar-refractivity contribution in [3.63, 3.8) is 0 Å². The smallest absolute Gasteiger partial charge is 0.174 e. The van der Waals surface area contributed by atoms with Crippen LogP contribution in [0.1, 0.15) is 81.0 Å². The van der Waals surface area contributed by atoms with Crippen LogP contribution in [0.3, 0.4) is 0 Å². The van der Waals surface area contributed by atoms with E-state index in [0.29, 0.717) is 24.3 Å². The maximum atomic E-state index is 12.1. The third-order valence-corrected chi connectivity index (χ3v) is 5.57. The predicted octanol–water partition coefficient (Wildman–Crippen LogP) is 5.04. The Hall–Kier alpha value is -1.03. The van der Waals surface area contributed by atoms with Crippen molar-refractivity contribution in [3.8, 4) is 0 Å². The van der Waals surface area contributed by atoms with Gasteiger partial charge in [-0.3, -0.25) is 4.79 Å². The average molecular weight is 308 g/mol. The Morgan fingerprint density at radius 2 is 2.05 bits per heavy atom. The highest BCUT2D eigenvalue weighted by Gasteiger charge is 2.32. The first kappa shape index (κ1) is 16.3. The van der Waals surface area contributed by atoms with Crippen LogP contribution in [0.2, 0.25) is 0 Å². The van der Waals surface area contributed by atoms with E-state index in [2.05, 4.69) is 26.1 Å². The second kappa shape index (κ2) is 6.82. The van der Waals surface area contributed by atoms with Gasteiger partial charge < -0.3 is 11.1 Å². The first-order valence-electron chi connectivity index (χ1n) is 8.19. The molecule has 1 heterocycles. The SMILES string of the molecule is CCC(=O)c1sc(NC(C)CC(C)CC)c(C2CC2)c1N. The van der Waals surface area contributed by atoms with Crippen molar-refractivity contribution < 1.29 is 4.79 Å². The van der Waals surface area contributed by atoms with Gasteiger partial charge in [0.15, 0.2) is 5.78 Å². The molecule has 2 rings (SSSR count). The van der Waals surface area contributed by atoms with Gasteiger partial charge in [-0.05, 0) is 38.0 Å². The van der Waals surface area contributed by atoms with E-state index in [0.717, 1.165) is 22.0 Å². The number of nitrogen functional groups attached to an aromatic ring is 1. The fourth-order valence-electron chi connectivity index (χ4n) is 2.76. The summed E-state index contributed by atoms with van der Waals surface area (Å²) in [4.78, 5) is 12.8. The summed E-state index contributed by atoms with van der Waals surface area (Å²) in [5.41, 5.74) is 8.23. The topological polar surface area (TPSA) is 55.1 Å². The van der Waals surface area contributed by atoms with Gasteiger partial charge in [0.05, 0.1) is 15.6 Å². The molecule has 3 N–H and O–H groups in total. The van der Waals surface area contributed by atoms with E-state index < -0.39 is 0 Å². The molecule has 1 aliphatic rings. The number of hydrogen-bond donors (Lipinski definition) is 2. The van der Waals surface area contributed by atoms with E-state index in [1.807, 2.05) is 6.92 Å². The van der Waals surface area contributed by atoms with Crippen LogP contribution in [-0.2, 0) is 0 Å². The Bertz CT molecular complexity index is 505. The fourth-order valence-corrected chi connectivity index (χ4v) is 4.09. The van der Waals surface area contributed by atoms with Gasteiger partial charge in [0.2, 0.25) is 0 Å². The lowest BCUT2D eigenvalue weighted by atomic mass is 10.0. The van der Waals surface area contributed by atoms with Crippen molar-refractivity contribution >= 4 is 27.8 Å². The molecule has 4 heteroatoms. The Morgan fingerprint density at radius 3 is 2.57 bits per heavy atom. The Morgan fingerprint density at radius 1 is 1.38 bits per heavy atom. The second-order valence-corrected chi connectivity index (χ2v) is 7.45. The molecule has 1 fully saturated rings. The van der Waals surface area contributed by atoms with Gasteiger partial charge in [-0.1, -0.05) is 27.2 Å². The summed E-state index contributed by atoms with van der Waals surface area (Å²) in [5, 5.41) is 4.76. The molecule has 0 radical (unpaired) electrons. The van der Waals surface area contributed by atoms with Crippen molar-refractivity contribution in [1.29, 1.82) is 0 Å². The van der Waals surface area contributed by atoms with E-state index in [1.54, 1.807) is 11.3 Å². The van der Waals surface area contributed by atoms with Crippen LogP contribution in [0.15, 0.2) is 0 Å². The van der Waals surface area contributed by atoms with Crippen LogP contribution in [0.4, 0.5) is 10.7 Å². The lowest BCUT2D eigenvalue weighted by molar-refractivity contribution is 0.0993. The van der Waals surface area contributed by atoms with Gasteiger partial charge in [0, 0.05) is 18.0 Å². The molecule has 21 heavy (non-hydrogen) atoms. The zero-order valence-corrected chi connectivity index (χ0v) is 14.5. The van der Waals surface area contributed by atoms with E-state index in [4.69, 9.17) is 5.73 Å². The first-order valence-corrected chi connectivity index (χ1v) is 9.01. The van der Waals surface area contributed by atoms with Gasteiger partial charge in [0.1, 0.15) is 0 Å². The summed E-state index contributed by atoms with van der Waals surface area (Å²) in [6.45, 7) is 8.64. The molecule has 0 bridgehead atoms. The zero-order chi connectivity index (χ0) is 15.6. The van der Waals surface area contributed by atoms with Crippen LogP contribution in [0.25, 0.3) is 0 Å². The number of rotatable bonds is 8. The molecule has 2 atom stereocenters. The fraction of sp³-hybridized carbons (Fsp3) is 0.706. The molecule has 1 aromatic rings. The lowest BCUT2D eigenvalue weighted by Gasteiger charge is -2.18. The summed E-state index contributed by atoms with van der Waals surface area (Å²) in [6, 6.07) is 0.417. The minimum absolute atomic E-state index is 0.169. The number of carbonyl (C=O) groups excluding carboxylic acids is 1. The van der Waals surface area contributed by atoms with Crippen LogP contribution in [0.5, 0.6) is 0 Å². The van der Waals surface area contributed by atoms with Crippen molar-refractivity contribution in [2.75, 3.05) is 11.1 Å². The molecular formula is C17H28N2OS. The van der Waals surface area contributed by atoms with Crippen molar-refractivity contribution in [1.82, 2.24) is 0 Å².